The molecule has 2 aromatic carbocycles. The lowest BCUT2D eigenvalue weighted by Crippen LogP contribution is -2.39. The molecule has 1 aliphatic heterocycles. The SMILES string of the molecule is CC(C)(C)C(=S)N1c2c(F)cccc2C[C@@H]1c1ccccc1. The predicted molar refractivity (Wildman–Crippen MR) is 93.8 cm³/mol. The quantitative estimate of drug-likeness (QED) is 0.657. The van der Waals surface area contributed by atoms with E-state index in [1.165, 1.54) is 11.6 Å². The Kier molecular flexibility index (Phi) is 3.77. The topological polar surface area (TPSA) is 3.24 Å². The van der Waals surface area contributed by atoms with Gasteiger partial charge in [0, 0.05) is 5.41 Å². The number of hydrogen-bond donors (Lipinski definition) is 0. The molecule has 22 heavy (non-hydrogen) atoms. The Labute approximate surface area is 136 Å². The van der Waals surface area contributed by atoms with E-state index >= 15 is 0 Å². The zero-order valence-electron chi connectivity index (χ0n) is 13.1. The zero-order valence-corrected chi connectivity index (χ0v) is 14.0. The van der Waals surface area contributed by atoms with Crippen LogP contribution >= 0.6 is 12.2 Å². The molecule has 0 radical (unpaired) electrons. The first-order chi connectivity index (χ1) is 10.4. The average molecular weight is 313 g/mol. The molecule has 1 atom stereocenters. The highest BCUT2D eigenvalue weighted by atomic mass is 32.1. The Bertz CT molecular complexity index is 703. The van der Waals surface area contributed by atoms with Crippen molar-refractivity contribution in [2.45, 2.75) is 33.2 Å². The van der Waals surface area contributed by atoms with E-state index in [1.807, 2.05) is 29.2 Å². The Morgan fingerprint density at radius 3 is 2.41 bits per heavy atom. The minimum Gasteiger partial charge on any atom is -0.325 e. The first-order valence-electron chi connectivity index (χ1n) is 7.55. The number of fused-ring (bicyclic) bond motifs is 1. The van der Waals surface area contributed by atoms with Gasteiger partial charge in [0.25, 0.3) is 0 Å². The summed E-state index contributed by atoms with van der Waals surface area (Å²) >= 11 is 5.72. The van der Waals surface area contributed by atoms with Crippen molar-refractivity contribution in [2.75, 3.05) is 4.90 Å². The number of hydrogen-bond acceptors (Lipinski definition) is 1. The van der Waals surface area contributed by atoms with Crippen LogP contribution in [-0.2, 0) is 6.42 Å². The van der Waals surface area contributed by atoms with Crippen molar-refractivity contribution in [1.82, 2.24) is 0 Å². The third kappa shape index (κ3) is 2.54. The molecule has 1 heterocycles. The maximum Gasteiger partial charge on any atom is 0.147 e. The van der Waals surface area contributed by atoms with Crippen LogP contribution in [-0.4, -0.2) is 4.99 Å². The fourth-order valence-electron chi connectivity index (χ4n) is 3.00. The first kappa shape index (κ1) is 15.2. The van der Waals surface area contributed by atoms with Gasteiger partial charge < -0.3 is 4.90 Å². The number of halogens is 1. The summed E-state index contributed by atoms with van der Waals surface area (Å²) in [5.41, 5.74) is 2.66. The van der Waals surface area contributed by atoms with E-state index in [0.29, 0.717) is 5.69 Å². The molecule has 0 amide bonds. The van der Waals surface area contributed by atoms with E-state index in [0.717, 1.165) is 17.0 Å². The fraction of sp³-hybridized carbons (Fsp3) is 0.316. The maximum atomic E-state index is 14.5. The molecule has 0 spiro atoms. The molecule has 0 aromatic heterocycles. The van der Waals surface area contributed by atoms with Crippen LogP contribution < -0.4 is 4.90 Å². The molecular weight excluding hydrogens is 293 g/mol. The molecule has 0 bridgehead atoms. The highest BCUT2D eigenvalue weighted by Gasteiger charge is 2.38. The van der Waals surface area contributed by atoms with Crippen molar-refractivity contribution in [3.63, 3.8) is 0 Å². The van der Waals surface area contributed by atoms with Crippen LogP contribution in [0.4, 0.5) is 10.1 Å². The molecule has 0 N–H and O–H groups in total. The molecule has 0 unspecified atom stereocenters. The molecule has 1 aliphatic rings. The van der Waals surface area contributed by atoms with E-state index in [2.05, 4.69) is 32.9 Å². The third-order valence-corrected chi connectivity index (χ3v) is 4.89. The third-order valence-electron chi connectivity index (χ3n) is 4.08. The van der Waals surface area contributed by atoms with Gasteiger partial charge in [0.05, 0.1) is 16.7 Å². The summed E-state index contributed by atoms with van der Waals surface area (Å²) in [4.78, 5) is 2.81. The summed E-state index contributed by atoms with van der Waals surface area (Å²) in [5.74, 6) is -0.192. The number of anilines is 1. The van der Waals surface area contributed by atoms with Crippen molar-refractivity contribution in [1.29, 1.82) is 0 Å². The van der Waals surface area contributed by atoms with Crippen molar-refractivity contribution in [3.8, 4) is 0 Å². The average Bonchev–Trinajstić information content (AvgIpc) is 2.87. The Hall–Kier alpha value is -1.74. The Morgan fingerprint density at radius 1 is 1.09 bits per heavy atom. The van der Waals surface area contributed by atoms with Crippen molar-refractivity contribution in [2.24, 2.45) is 5.41 Å². The molecular formula is C19H20FNS. The van der Waals surface area contributed by atoms with Crippen LogP contribution in [0.5, 0.6) is 0 Å². The fourth-order valence-corrected chi connectivity index (χ4v) is 3.22. The van der Waals surface area contributed by atoms with Crippen molar-refractivity contribution >= 4 is 22.9 Å². The summed E-state index contributed by atoms with van der Waals surface area (Å²) in [6.45, 7) is 6.24. The zero-order chi connectivity index (χ0) is 15.9. The van der Waals surface area contributed by atoms with Gasteiger partial charge in [0.2, 0.25) is 0 Å². The van der Waals surface area contributed by atoms with Crippen LogP contribution in [0, 0.1) is 11.2 Å². The lowest BCUT2D eigenvalue weighted by molar-refractivity contribution is 0.572. The first-order valence-corrected chi connectivity index (χ1v) is 7.96. The van der Waals surface area contributed by atoms with Crippen LogP contribution in [0.2, 0.25) is 0 Å². The largest absolute Gasteiger partial charge is 0.325 e. The number of thiocarbonyl (C=S) groups is 1. The number of para-hydroxylation sites is 1. The van der Waals surface area contributed by atoms with Gasteiger partial charge in [-0.05, 0) is 23.6 Å². The Morgan fingerprint density at radius 2 is 1.77 bits per heavy atom. The summed E-state index contributed by atoms with van der Waals surface area (Å²) in [7, 11) is 0. The van der Waals surface area contributed by atoms with Gasteiger partial charge in [-0.15, -0.1) is 0 Å². The van der Waals surface area contributed by atoms with Gasteiger partial charge in [-0.1, -0.05) is 75.5 Å². The lowest BCUT2D eigenvalue weighted by Gasteiger charge is -2.35. The highest BCUT2D eigenvalue weighted by molar-refractivity contribution is 7.80. The monoisotopic (exact) mass is 313 g/mol. The van der Waals surface area contributed by atoms with Crippen LogP contribution in [0.15, 0.2) is 48.5 Å². The van der Waals surface area contributed by atoms with Crippen molar-refractivity contribution in [3.05, 3.63) is 65.5 Å². The maximum absolute atomic E-state index is 14.5. The summed E-state index contributed by atoms with van der Waals surface area (Å²) in [6, 6.07) is 15.6. The standard InChI is InChI=1S/C19H20FNS/c1-19(2,3)18(22)21-16(13-8-5-4-6-9-13)12-14-10-7-11-15(20)17(14)21/h4-11,16H,12H2,1-3H3/t16-/m1/s1. The molecule has 1 nitrogen and oxygen atoms in total. The molecule has 3 rings (SSSR count). The molecule has 0 saturated carbocycles. The number of rotatable bonds is 1. The summed E-state index contributed by atoms with van der Waals surface area (Å²) < 4.78 is 14.5. The van der Waals surface area contributed by atoms with E-state index in [1.54, 1.807) is 6.07 Å². The lowest BCUT2D eigenvalue weighted by atomic mass is 9.94. The predicted octanol–water partition coefficient (Wildman–Crippen LogP) is 5.30. The molecule has 114 valence electrons. The summed E-state index contributed by atoms with van der Waals surface area (Å²) in [5, 5.41) is 0. The van der Waals surface area contributed by atoms with Crippen LogP contribution in [0.3, 0.4) is 0 Å². The van der Waals surface area contributed by atoms with Gasteiger partial charge in [0.15, 0.2) is 0 Å². The molecule has 0 fully saturated rings. The van der Waals surface area contributed by atoms with E-state index in [9.17, 15) is 4.39 Å². The van der Waals surface area contributed by atoms with Gasteiger partial charge in [-0.2, -0.15) is 0 Å². The molecule has 0 aliphatic carbocycles. The Balaban J connectivity index is 2.13. The van der Waals surface area contributed by atoms with Gasteiger partial charge in [0.1, 0.15) is 5.82 Å². The van der Waals surface area contributed by atoms with E-state index in [-0.39, 0.29) is 17.3 Å². The summed E-state index contributed by atoms with van der Waals surface area (Å²) in [6.07, 6.45) is 0.785. The minimum absolute atomic E-state index is 0.0693. The smallest absolute Gasteiger partial charge is 0.147 e. The molecule has 2 aromatic rings. The van der Waals surface area contributed by atoms with E-state index < -0.39 is 0 Å². The second-order valence-corrected chi connectivity index (χ2v) is 7.19. The minimum atomic E-state index is -0.192. The van der Waals surface area contributed by atoms with E-state index in [4.69, 9.17) is 12.2 Å². The second kappa shape index (κ2) is 5.47. The number of nitrogens with zero attached hydrogens (tertiary/aromatic N) is 1. The van der Waals surface area contributed by atoms with Crippen molar-refractivity contribution < 1.29 is 4.39 Å². The van der Waals surface area contributed by atoms with Gasteiger partial charge in [-0.25, -0.2) is 4.39 Å². The number of benzene rings is 2. The van der Waals surface area contributed by atoms with Crippen LogP contribution in [0.1, 0.15) is 37.9 Å². The second-order valence-electron chi connectivity index (χ2n) is 6.80. The highest BCUT2D eigenvalue weighted by Crippen LogP contribution is 2.44. The van der Waals surface area contributed by atoms with Crippen LogP contribution in [0.25, 0.3) is 0 Å². The van der Waals surface area contributed by atoms with Gasteiger partial charge >= 0.3 is 0 Å². The van der Waals surface area contributed by atoms with Gasteiger partial charge in [-0.3, -0.25) is 0 Å². The molecule has 0 saturated heterocycles. The molecule has 3 heteroatoms. The normalized spacial score (nSPS) is 17.5.